The number of thiophene rings is 1. The largest absolute Gasteiger partial charge is 0.319 e. The standard InChI is InChI=1S/C12H22N2O2S2/c1-5-10(2)14(4)18(15,16)12-7-6-11(17-12)8-9-13-3/h6-7,10,13H,5,8-9H2,1-4H3. The lowest BCUT2D eigenvalue weighted by Gasteiger charge is -2.22. The minimum atomic E-state index is -3.32. The van der Waals surface area contributed by atoms with Crippen LogP contribution in [0, 0.1) is 0 Å². The molecule has 1 heterocycles. The summed E-state index contributed by atoms with van der Waals surface area (Å²) >= 11 is 1.37. The van der Waals surface area contributed by atoms with E-state index in [2.05, 4.69) is 5.32 Å². The first-order valence-electron chi connectivity index (χ1n) is 6.14. The highest BCUT2D eigenvalue weighted by Crippen LogP contribution is 2.26. The van der Waals surface area contributed by atoms with Gasteiger partial charge in [0.1, 0.15) is 4.21 Å². The van der Waals surface area contributed by atoms with Crippen LogP contribution in [0.5, 0.6) is 0 Å². The second kappa shape index (κ2) is 6.65. The minimum Gasteiger partial charge on any atom is -0.319 e. The molecule has 1 rings (SSSR count). The second-order valence-electron chi connectivity index (χ2n) is 4.35. The van der Waals surface area contributed by atoms with Gasteiger partial charge in [-0.3, -0.25) is 0 Å². The normalized spacial score (nSPS) is 14.1. The molecule has 0 amide bonds. The zero-order valence-corrected chi connectivity index (χ0v) is 13.1. The Morgan fingerprint density at radius 3 is 2.67 bits per heavy atom. The molecule has 1 aromatic heterocycles. The molecule has 1 aromatic rings. The summed E-state index contributed by atoms with van der Waals surface area (Å²) in [6.45, 7) is 4.78. The number of likely N-dealkylation sites (N-methyl/N-ethyl adjacent to an activating group) is 1. The lowest BCUT2D eigenvalue weighted by Crippen LogP contribution is -2.34. The van der Waals surface area contributed by atoms with Gasteiger partial charge in [-0.15, -0.1) is 11.3 Å². The van der Waals surface area contributed by atoms with Crippen LogP contribution in [0.3, 0.4) is 0 Å². The van der Waals surface area contributed by atoms with Crippen LogP contribution in [0.15, 0.2) is 16.3 Å². The fourth-order valence-corrected chi connectivity index (χ4v) is 4.49. The van der Waals surface area contributed by atoms with Crippen molar-refractivity contribution in [1.29, 1.82) is 0 Å². The molecule has 0 aromatic carbocycles. The van der Waals surface area contributed by atoms with Gasteiger partial charge in [0.15, 0.2) is 0 Å². The maximum atomic E-state index is 12.3. The SMILES string of the molecule is CCC(C)N(C)S(=O)(=O)c1ccc(CCNC)s1. The summed E-state index contributed by atoms with van der Waals surface area (Å²) in [6, 6.07) is 3.64. The van der Waals surface area contributed by atoms with Crippen LogP contribution < -0.4 is 5.32 Å². The predicted molar refractivity (Wildman–Crippen MR) is 76.7 cm³/mol. The molecule has 0 bridgehead atoms. The Kier molecular flexibility index (Phi) is 5.78. The number of hydrogen-bond donors (Lipinski definition) is 1. The van der Waals surface area contributed by atoms with Crippen molar-refractivity contribution in [3.05, 3.63) is 17.0 Å². The van der Waals surface area contributed by atoms with E-state index in [0.717, 1.165) is 24.3 Å². The fourth-order valence-electron chi connectivity index (χ4n) is 1.52. The molecule has 0 saturated heterocycles. The summed E-state index contributed by atoms with van der Waals surface area (Å²) in [5, 5.41) is 3.06. The third-order valence-corrected chi connectivity index (χ3v) is 6.69. The smallest absolute Gasteiger partial charge is 0.252 e. The Morgan fingerprint density at radius 2 is 2.11 bits per heavy atom. The monoisotopic (exact) mass is 290 g/mol. The first kappa shape index (κ1) is 15.6. The Bertz CT molecular complexity index is 468. The topological polar surface area (TPSA) is 49.4 Å². The molecule has 4 nitrogen and oxygen atoms in total. The van der Waals surface area contributed by atoms with E-state index in [0.29, 0.717) is 4.21 Å². The number of nitrogens with one attached hydrogen (secondary N) is 1. The van der Waals surface area contributed by atoms with Gasteiger partial charge in [-0.25, -0.2) is 8.42 Å². The second-order valence-corrected chi connectivity index (χ2v) is 7.75. The van der Waals surface area contributed by atoms with Crippen LogP contribution >= 0.6 is 11.3 Å². The molecule has 6 heteroatoms. The van der Waals surface area contributed by atoms with Gasteiger partial charge in [-0.05, 0) is 45.5 Å². The van der Waals surface area contributed by atoms with Crippen LogP contribution in [0.2, 0.25) is 0 Å². The van der Waals surface area contributed by atoms with E-state index in [1.165, 1.54) is 15.6 Å². The Morgan fingerprint density at radius 1 is 1.44 bits per heavy atom. The van der Waals surface area contributed by atoms with Gasteiger partial charge in [0.2, 0.25) is 0 Å². The van der Waals surface area contributed by atoms with Crippen LogP contribution in [-0.2, 0) is 16.4 Å². The molecule has 104 valence electrons. The lowest BCUT2D eigenvalue weighted by molar-refractivity contribution is 0.381. The van der Waals surface area contributed by atoms with Crippen LogP contribution in [0.25, 0.3) is 0 Å². The number of sulfonamides is 1. The van der Waals surface area contributed by atoms with Gasteiger partial charge in [0.05, 0.1) is 0 Å². The summed E-state index contributed by atoms with van der Waals surface area (Å²) in [7, 11) is 0.217. The van der Waals surface area contributed by atoms with Crippen LogP contribution in [0.1, 0.15) is 25.1 Å². The third kappa shape index (κ3) is 3.54. The molecule has 0 saturated carbocycles. The molecule has 1 atom stereocenters. The van der Waals surface area contributed by atoms with Gasteiger partial charge < -0.3 is 5.32 Å². The quantitative estimate of drug-likeness (QED) is 0.835. The maximum absolute atomic E-state index is 12.3. The average Bonchev–Trinajstić information content (AvgIpc) is 2.83. The van der Waals surface area contributed by atoms with Crippen molar-refractivity contribution in [2.45, 2.75) is 36.9 Å². The van der Waals surface area contributed by atoms with Gasteiger partial charge in [-0.1, -0.05) is 6.92 Å². The van der Waals surface area contributed by atoms with E-state index >= 15 is 0 Å². The molecular formula is C12H22N2O2S2. The van der Waals surface area contributed by atoms with Crippen molar-refractivity contribution in [3.63, 3.8) is 0 Å². The molecule has 0 aliphatic carbocycles. The zero-order chi connectivity index (χ0) is 13.8. The molecule has 0 radical (unpaired) electrons. The molecule has 0 aliphatic rings. The summed E-state index contributed by atoms with van der Waals surface area (Å²) < 4.78 is 26.6. The summed E-state index contributed by atoms with van der Waals surface area (Å²) in [4.78, 5) is 1.10. The van der Waals surface area contributed by atoms with E-state index in [1.807, 2.05) is 27.0 Å². The molecular weight excluding hydrogens is 268 g/mol. The van der Waals surface area contributed by atoms with Gasteiger partial charge in [0.25, 0.3) is 10.0 Å². The van der Waals surface area contributed by atoms with Crippen LogP contribution in [-0.4, -0.2) is 39.4 Å². The summed E-state index contributed by atoms with van der Waals surface area (Å²) in [5.74, 6) is 0. The van der Waals surface area contributed by atoms with Gasteiger partial charge in [-0.2, -0.15) is 4.31 Å². The summed E-state index contributed by atoms with van der Waals surface area (Å²) in [6.07, 6.45) is 1.68. The number of nitrogens with zero attached hydrogens (tertiary/aromatic N) is 1. The van der Waals surface area contributed by atoms with E-state index in [9.17, 15) is 8.42 Å². The Labute approximate surface area is 114 Å². The van der Waals surface area contributed by atoms with Crippen molar-refractivity contribution in [2.24, 2.45) is 0 Å². The zero-order valence-electron chi connectivity index (χ0n) is 11.4. The average molecular weight is 290 g/mol. The maximum Gasteiger partial charge on any atom is 0.252 e. The molecule has 0 spiro atoms. The van der Waals surface area contributed by atoms with E-state index in [1.54, 1.807) is 13.1 Å². The number of rotatable bonds is 7. The van der Waals surface area contributed by atoms with E-state index in [4.69, 9.17) is 0 Å². The molecule has 1 N–H and O–H groups in total. The van der Waals surface area contributed by atoms with Crippen LogP contribution in [0.4, 0.5) is 0 Å². The van der Waals surface area contributed by atoms with Crippen molar-refractivity contribution in [1.82, 2.24) is 9.62 Å². The Hall–Kier alpha value is -0.430. The fraction of sp³-hybridized carbons (Fsp3) is 0.667. The van der Waals surface area contributed by atoms with Crippen molar-refractivity contribution in [2.75, 3.05) is 20.6 Å². The Balaban J connectivity index is 2.88. The third-order valence-electron chi connectivity index (χ3n) is 3.10. The van der Waals surface area contributed by atoms with Crippen molar-refractivity contribution < 1.29 is 8.42 Å². The van der Waals surface area contributed by atoms with E-state index < -0.39 is 10.0 Å². The lowest BCUT2D eigenvalue weighted by atomic mass is 10.3. The molecule has 18 heavy (non-hydrogen) atoms. The van der Waals surface area contributed by atoms with E-state index in [-0.39, 0.29) is 6.04 Å². The van der Waals surface area contributed by atoms with Crippen molar-refractivity contribution in [3.8, 4) is 0 Å². The highest BCUT2D eigenvalue weighted by Gasteiger charge is 2.25. The van der Waals surface area contributed by atoms with Gasteiger partial charge >= 0.3 is 0 Å². The summed E-state index contributed by atoms with van der Waals surface area (Å²) in [5.41, 5.74) is 0. The molecule has 0 fully saturated rings. The minimum absolute atomic E-state index is 0.0258. The molecule has 0 aliphatic heterocycles. The number of hydrogen-bond acceptors (Lipinski definition) is 4. The highest BCUT2D eigenvalue weighted by molar-refractivity contribution is 7.91. The predicted octanol–water partition coefficient (Wildman–Crippen LogP) is 1.93. The highest BCUT2D eigenvalue weighted by atomic mass is 32.2. The first-order valence-corrected chi connectivity index (χ1v) is 8.40. The van der Waals surface area contributed by atoms with Gasteiger partial charge in [0, 0.05) is 18.0 Å². The first-order chi connectivity index (χ1) is 8.43. The van der Waals surface area contributed by atoms with Crippen molar-refractivity contribution >= 4 is 21.4 Å². The molecule has 1 unspecified atom stereocenters.